The molecule has 0 fully saturated rings. The molecule has 0 bridgehead atoms. The third-order valence-corrected chi connectivity index (χ3v) is 2.63. The number of nitrogens with zero attached hydrogens (tertiary/aromatic N) is 2. The lowest BCUT2D eigenvalue weighted by Gasteiger charge is -2.06. The van der Waals surface area contributed by atoms with E-state index in [-0.39, 0.29) is 5.91 Å². The van der Waals surface area contributed by atoms with Crippen molar-refractivity contribution in [2.75, 3.05) is 11.9 Å². The van der Waals surface area contributed by atoms with Crippen molar-refractivity contribution in [3.05, 3.63) is 42.2 Å². The summed E-state index contributed by atoms with van der Waals surface area (Å²) in [7, 11) is 1.82. The van der Waals surface area contributed by atoms with Crippen molar-refractivity contribution >= 4 is 11.6 Å². The van der Waals surface area contributed by atoms with E-state index in [1.54, 1.807) is 10.9 Å². The number of rotatable bonds is 5. The minimum atomic E-state index is -0.0768. The van der Waals surface area contributed by atoms with Gasteiger partial charge in [0.05, 0.1) is 24.4 Å². The van der Waals surface area contributed by atoms with Gasteiger partial charge in [-0.1, -0.05) is 18.2 Å². The van der Waals surface area contributed by atoms with Gasteiger partial charge in [-0.2, -0.15) is 5.10 Å². The fourth-order valence-corrected chi connectivity index (χ4v) is 1.71. The summed E-state index contributed by atoms with van der Waals surface area (Å²) in [6.07, 6.45) is 2.09. The Hall–Kier alpha value is -2.30. The van der Waals surface area contributed by atoms with Crippen LogP contribution in [0.4, 0.5) is 5.69 Å². The Labute approximate surface area is 112 Å². The van der Waals surface area contributed by atoms with Gasteiger partial charge in [-0.3, -0.25) is 9.48 Å². The smallest absolute Gasteiger partial charge is 0.227 e. The number of nitrogens with one attached hydrogen (secondary N) is 1. The van der Waals surface area contributed by atoms with Crippen LogP contribution in [0.15, 0.2) is 36.5 Å². The Balaban J connectivity index is 1.78. The highest BCUT2D eigenvalue weighted by atomic mass is 16.5. The van der Waals surface area contributed by atoms with Crippen molar-refractivity contribution < 1.29 is 9.53 Å². The molecule has 0 aliphatic carbocycles. The highest BCUT2D eigenvalue weighted by Gasteiger charge is 2.07. The number of aromatic nitrogens is 2. The molecule has 1 N–H and O–H groups in total. The van der Waals surface area contributed by atoms with E-state index in [4.69, 9.17) is 4.74 Å². The summed E-state index contributed by atoms with van der Waals surface area (Å²) in [5.41, 5.74) is 1.55. The van der Waals surface area contributed by atoms with Gasteiger partial charge in [0.25, 0.3) is 0 Å². The Kier molecular flexibility index (Phi) is 4.18. The summed E-state index contributed by atoms with van der Waals surface area (Å²) in [6, 6.07) is 9.44. The summed E-state index contributed by atoms with van der Waals surface area (Å²) in [6.45, 7) is 2.21. The lowest BCUT2D eigenvalue weighted by Crippen LogP contribution is -2.15. The van der Waals surface area contributed by atoms with Crippen LogP contribution in [0.2, 0.25) is 0 Å². The average molecular weight is 259 g/mol. The lowest BCUT2D eigenvalue weighted by atomic mass is 10.3. The van der Waals surface area contributed by atoms with E-state index in [9.17, 15) is 4.79 Å². The number of hydrogen-bond acceptors (Lipinski definition) is 3. The zero-order valence-electron chi connectivity index (χ0n) is 11.1. The minimum absolute atomic E-state index is 0.0768. The van der Waals surface area contributed by atoms with Gasteiger partial charge in [0.1, 0.15) is 5.75 Å². The molecule has 0 spiro atoms. The number of benzene rings is 1. The Bertz CT molecular complexity index is 549. The highest BCUT2D eigenvalue weighted by molar-refractivity contribution is 5.91. The largest absolute Gasteiger partial charge is 0.493 e. The van der Waals surface area contributed by atoms with Gasteiger partial charge in [0.15, 0.2) is 0 Å². The monoisotopic (exact) mass is 259 g/mol. The summed E-state index contributed by atoms with van der Waals surface area (Å²) in [5.74, 6) is 0.694. The quantitative estimate of drug-likeness (QED) is 0.895. The van der Waals surface area contributed by atoms with Crippen LogP contribution in [-0.2, 0) is 11.8 Å². The van der Waals surface area contributed by atoms with Crippen molar-refractivity contribution in [1.29, 1.82) is 0 Å². The highest BCUT2D eigenvalue weighted by Crippen LogP contribution is 2.12. The van der Waals surface area contributed by atoms with Crippen LogP contribution < -0.4 is 10.1 Å². The molecular weight excluding hydrogens is 242 g/mol. The summed E-state index contributed by atoms with van der Waals surface area (Å²) in [5, 5.41) is 6.98. The molecule has 5 nitrogen and oxygen atoms in total. The van der Waals surface area contributed by atoms with Gasteiger partial charge in [0, 0.05) is 13.2 Å². The fraction of sp³-hybridized carbons (Fsp3) is 0.286. The second-order valence-electron chi connectivity index (χ2n) is 4.26. The van der Waals surface area contributed by atoms with Crippen molar-refractivity contribution in [3.8, 4) is 5.75 Å². The molecule has 0 saturated carbocycles. The van der Waals surface area contributed by atoms with Gasteiger partial charge >= 0.3 is 0 Å². The van der Waals surface area contributed by atoms with E-state index in [0.29, 0.717) is 13.0 Å². The number of ether oxygens (including phenoxy) is 1. The maximum Gasteiger partial charge on any atom is 0.227 e. The molecule has 1 aromatic carbocycles. The molecule has 1 heterocycles. The number of carbonyl (C=O) groups excluding carboxylic acids is 1. The van der Waals surface area contributed by atoms with Crippen molar-refractivity contribution in [2.45, 2.75) is 13.3 Å². The van der Waals surface area contributed by atoms with Crippen LogP contribution >= 0.6 is 0 Å². The standard InChI is InChI=1S/C14H17N3O2/c1-11-13(10-17(2)16-11)15-14(18)8-9-19-12-6-4-3-5-7-12/h3-7,10H,8-9H2,1-2H3,(H,15,18). The van der Waals surface area contributed by atoms with Gasteiger partial charge in [-0.25, -0.2) is 0 Å². The second kappa shape index (κ2) is 6.04. The molecule has 2 rings (SSSR count). The molecule has 100 valence electrons. The lowest BCUT2D eigenvalue weighted by molar-refractivity contribution is -0.116. The van der Waals surface area contributed by atoms with Crippen LogP contribution in [0.3, 0.4) is 0 Å². The number of amides is 1. The molecule has 1 aromatic heterocycles. The molecular formula is C14H17N3O2. The zero-order chi connectivity index (χ0) is 13.7. The number of hydrogen-bond donors (Lipinski definition) is 1. The summed E-state index contributed by atoms with van der Waals surface area (Å²) < 4.78 is 7.14. The zero-order valence-corrected chi connectivity index (χ0v) is 11.1. The van der Waals surface area contributed by atoms with Crippen LogP contribution in [0.1, 0.15) is 12.1 Å². The number of anilines is 1. The molecule has 0 aliphatic rings. The van der Waals surface area contributed by atoms with E-state index < -0.39 is 0 Å². The molecule has 0 aliphatic heterocycles. The third-order valence-electron chi connectivity index (χ3n) is 2.63. The Morgan fingerprint density at radius 1 is 1.37 bits per heavy atom. The van der Waals surface area contributed by atoms with Crippen LogP contribution in [0.25, 0.3) is 0 Å². The third kappa shape index (κ3) is 3.84. The summed E-state index contributed by atoms with van der Waals surface area (Å²) >= 11 is 0. The van der Waals surface area contributed by atoms with E-state index in [1.165, 1.54) is 0 Å². The first-order valence-electron chi connectivity index (χ1n) is 6.13. The number of carbonyl (C=O) groups is 1. The average Bonchev–Trinajstić information content (AvgIpc) is 2.69. The summed E-state index contributed by atoms with van der Waals surface area (Å²) in [4.78, 5) is 11.7. The molecule has 0 saturated heterocycles. The van der Waals surface area contributed by atoms with Gasteiger partial charge in [-0.05, 0) is 19.1 Å². The first kappa shape index (κ1) is 13.1. The van der Waals surface area contributed by atoms with Gasteiger partial charge in [0.2, 0.25) is 5.91 Å². The first-order chi connectivity index (χ1) is 9.15. The van der Waals surface area contributed by atoms with Crippen LogP contribution in [0.5, 0.6) is 5.75 Å². The molecule has 5 heteroatoms. The maximum absolute atomic E-state index is 11.7. The molecule has 19 heavy (non-hydrogen) atoms. The molecule has 1 amide bonds. The van der Waals surface area contributed by atoms with Crippen LogP contribution in [-0.4, -0.2) is 22.3 Å². The predicted octanol–water partition coefficient (Wildman–Crippen LogP) is 2.14. The van der Waals surface area contributed by atoms with Crippen molar-refractivity contribution in [3.63, 3.8) is 0 Å². The van der Waals surface area contributed by atoms with E-state index >= 15 is 0 Å². The van der Waals surface area contributed by atoms with E-state index in [1.807, 2.05) is 44.3 Å². The predicted molar refractivity (Wildman–Crippen MR) is 73.1 cm³/mol. The normalized spacial score (nSPS) is 10.2. The van der Waals surface area contributed by atoms with Crippen molar-refractivity contribution in [1.82, 2.24) is 9.78 Å². The Morgan fingerprint density at radius 2 is 2.11 bits per heavy atom. The maximum atomic E-state index is 11.7. The molecule has 0 unspecified atom stereocenters. The first-order valence-corrected chi connectivity index (χ1v) is 6.13. The molecule has 0 radical (unpaired) electrons. The van der Waals surface area contributed by atoms with Crippen LogP contribution in [0, 0.1) is 6.92 Å². The number of para-hydroxylation sites is 1. The SMILES string of the molecule is Cc1nn(C)cc1NC(=O)CCOc1ccccc1. The molecule has 0 atom stereocenters. The minimum Gasteiger partial charge on any atom is -0.493 e. The molecule has 2 aromatic rings. The fourth-order valence-electron chi connectivity index (χ4n) is 1.71. The van der Waals surface area contributed by atoms with Gasteiger partial charge in [-0.15, -0.1) is 0 Å². The van der Waals surface area contributed by atoms with E-state index in [2.05, 4.69) is 10.4 Å². The number of aryl methyl sites for hydroxylation is 2. The van der Waals surface area contributed by atoms with E-state index in [0.717, 1.165) is 17.1 Å². The Morgan fingerprint density at radius 3 is 2.74 bits per heavy atom. The van der Waals surface area contributed by atoms with Crippen molar-refractivity contribution in [2.24, 2.45) is 7.05 Å². The second-order valence-corrected chi connectivity index (χ2v) is 4.26. The topological polar surface area (TPSA) is 56.2 Å². The van der Waals surface area contributed by atoms with Gasteiger partial charge < -0.3 is 10.1 Å².